The molecule has 13 heavy (non-hydrogen) atoms. The molecule has 0 saturated heterocycles. The van der Waals surface area contributed by atoms with Crippen LogP contribution in [0.1, 0.15) is 12.5 Å². The van der Waals surface area contributed by atoms with Crippen molar-refractivity contribution in [2.45, 2.75) is 6.92 Å². The Morgan fingerprint density at radius 2 is 2.00 bits per heavy atom. The monoisotopic (exact) mass is 175 g/mol. The maximum Gasteiger partial charge on any atom is 0.0896 e. The Morgan fingerprint density at radius 3 is 2.69 bits per heavy atom. The summed E-state index contributed by atoms with van der Waals surface area (Å²) in [6.07, 6.45) is 0. The van der Waals surface area contributed by atoms with Crippen LogP contribution in [0.2, 0.25) is 0 Å². The largest absolute Gasteiger partial charge is 0.297 e. The first kappa shape index (κ1) is 8.48. The van der Waals surface area contributed by atoms with Gasteiger partial charge in [-0.05, 0) is 23.6 Å². The minimum atomic E-state index is 0.685. The maximum absolute atomic E-state index is 5.13. The van der Waals surface area contributed by atoms with Crippen molar-refractivity contribution in [3.8, 4) is 0 Å². The first-order valence-electron chi connectivity index (χ1n) is 4.46. The van der Waals surface area contributed by atoms with Crippen LogP contribution in [0.25, 0.3) is 5.57 Å². The number of rotatable bonds is 1. The van der Waals surface area contributed by atoms with E-state index in [1.807, 2.05) is 6.07 Å². The van der Waals surface area contributed by atoms with Crippen LogP contribution in [0.3, 0.4) is 0 Å². The van der Waals surface area contributed by atoms with Gasteiger partial charge in [-0.2, -0.15) is 5.48 Å². The summed E-state index contributed by atoms with van der Waals surface area (Å²) in [6.45, 7) is 3.60. The molecule has 1 aliphatic rings. The van der Waals surface area contributed by atoms with Crippen LogP contribution < -0.4 is 5.48 Å². The second kappa shape index (κ2) is 3.73. The van der Waals surface area contributed by atoms with Gasteiger partial charge < -0.3 is 0 Å². The molecule has 2 rings (SSSR count). The molecule has 0 radical (unpaired) electrons. The van der Waals surface area contributed by atoms with Gasteiger partial charge >= 0.3 is 0 Å². The fraction of sp³-hybridized carbons (Fsp3) is 0.273. The quantitative estimate of drug-likeness (QED) is 0.704. The minimum absolute atomic E-state index is 0.685. The van der Waals surface area contributed by atoms with Crippen LogP contribution in [0.5, 0.6) is 0 Å². The molecule has 0 aromatic heterocycles. The van der Waals surface area contributed by atoms with Gasteiger partial charge in [-0.25, -0.2) is 0 Å². The molecular formula is C11H13NO. The Kier molecular flexibility index (Phi) is 2.43. The number of nitrogens with one attached hydrogen (secondary N) is 1. The predicted octanol–water partition coefficient (Wildman–Crippen LogP) is 1.99. The fourth-order valence-corrected chi connectivity index (χ4v) is 1.51. The van der Waals surface area contributed by atoms with Crippen LogP contribution in [0, 0.1) is 0 Å². The van der Waals surface area contributed by atoms with E-state index in [0.29, 0.717) is 6.61 Å². The summed E-state index contributed by atoms with van der Waals surface area (Å²) in [5.41, 5.74) is 6.86. The van der Waals surface area contributed by atoms with Gasteiger partial charge in [0.05, 0.1) is 6.61 Å². The van der Waals surface area contributed by atoms with E-state index in [4.69, 9.17) is 4.84 Å². The molecule has 0 amide bonds. The lowest BCUT2D eigenvalue weighted by Gasteiger charge is -2.18. The van der Waals surface area contributed by atoms with Crippen molar-refractivity contribution in [2.75, 3.05) is 13.2 Å². The zero-order chi connectivity index (χ0) is 9.10. The topological polar surface area (TPSA) is 21.3 Å². The molecule has 1 aromatic carbocycles. The Hall–Kier alpha value is -1.12. The highest BCUT2D eigenvalue weighted by Crippen LogP contribution is 2.19. The third-order valence-electron chi connectivity index (χ3n) is 2.28. The van der Waals surface area contributed by atoms with Crippen LogP contribution in [0.15, 0.2) is 35.9 Å². The molecule has 2 heteroatoms. The van der Waals surface area contributed by atoms with Gasteiger partial charge in [0.15, 0.2) is 0 Å². The lowest BCUT2D eigenvalue weighted by Crippen LogP contribution is -2.24. The third kappa shape index (κ3) is 1.79. The number of hydroxylamine groups is 1. The molecular weight excluding hydrogens is 162 g/mol. The summed E-state index contributed by atoms with van der Waals surface area (Å²) in [5, 5.41) is 0. The lowest BCUT2D eigenvalue weighted by atomic mass is 10.0. The van der Waals surface area contributed by atoms with Gasteiger partial charge in [0.25, 0.3) is 0 Å². The summed E-state index contributed by atoms with van der Waals surface area (Å²) < 4.78 is 0. The summed E-state index contributed by atoms with van der Waals surface area (Å²) in [4.78, 5) is 5.13. The summed E-state index contributed by atoms with van der Waals surface area (Å²) in [6, 6.07) is 10.4. The second-order valence-electron chi connectivity index (χ2n) is 3.23. The fourth-order valence-electron chi connectivity index (χ4n) is 1.51. The highest BCUT2D eigenvalue weighted by atomic mass is 16.6. The van der Waals surface area contributed by atoms with E-state index in [-0.39, 0.29) is 0 Å². The van der Waals surface area contributed by atoms with Crippen molar-refractivity contribution in [3.63, 3.8) is 0 Å². The van der Waals surface area contributed by atoms with E-state index in [2.05, 4.69) is 36.7 Å². The van der Waals surface area contributed by atoms with Crippen molar-refractivity contribution in [1.82, 2.24) is 5.48 Å². The first-order valence-corrected chi connectivity index (χ1v) is 4.46. The number of benzene rings is 1. The highest BCUT2D eigenvalue weighted by molar-refractivity contribution is 5.70. The predicted molar refractivity (Wildman–Crippen MR) is 53.0 cm³/mol. The zero-order valence-corrected chi connectivity index (χ0v) is 7.71. The van der Waals surface area contributed by atoms with Crippen molar-refractivity contribution >= 4 is 5.57 Å². The second-order valence-corrected chi connectivity index (χ2v) is 3.23. The van der Waals surface area contributed by atoms with Crippen molar-refractivity contribution in [2.24, 2.45) is 0 Å². The Labute approximate surface area is 78.2 Å². The average molecular weight is 175 g/mol. The van der Waals surface area contributed by atoms with Gasteiger partial charge in [0.2, 0.25) is 0 Å². The molecule has 1 aromatic rings. The molecule has 2 nitrogen and oxygen atoms in total. The Bertz CT molecular complexity index is 316. The molecule has 0 fully saturated rings. The SMILES string of the molecule is CC1=C(c2ccccc2)CNOC1. The summed E-state index contributed by atoms with van der Waals surface area (Å²) in [7, 11) is 0. The van der Waals surface area contributed by atoms with E-state index in [0.717, 1.165) is 6.54 Å². The molecule has 1 heterocycles. The van der Waals surface area contributed by atoms with E-state index in [1.54, 1.807) is 0 Å². The van der Waals surface area contributed by atoms with E-state index < -0.39 is 0 Å². The van der Waals surface area contributed by atoms with Gasteiger partial charge in [0, 0.05) is 6.54 Å². The zero-order valence-electron chi connectivity index (χ0n) is 7.71. The number of hydrogen-bond donors (Lipinski definition) is 1. The van der Waals surface area contributed by atoms with Crippen LogP contribution >= 0.6 is 0 Å². The first-order chi connectivity index (χ1) is 6.38. The molecule has 0 spiro atoms. The molecule has 0 unspecified atom stereocenters. The van der Waals surface area contributed by atoms with Crippen molar-refractivity contribution in [1.29, 1.82) is 0 Å². The summed E-state index contributed by atoms with van der Waals surface area (Å²) >= 11 is 0. The highest BCUT2D eigenvalue weighted by Gasteiger charge is 2.09. The standard InChI is InChI=1S/C11H13NO/c1-9-8-13-12-7-11(9)10-5-3-2-4-6-10/h2-6,12H,7-8H2,1H3. The van der Waals surface area contributed by atoms with E-state index >= 15 is 0 Å². The third-order valence-corrected chi connectivity index (χ3v) is 2.28. The smallest absolute Gasteiger partial charge is 0.0896 e. The molecule has 0 bridgehead atoms. The molecule has 1 aliphatic heterocycles. The van der Waals surface area contributed by atoms with Crippen molar-refractivity contribution in [3.05, 3.63) is 41.5 Å². The lowest BCUT2D eigenvalue weighted by molar-refractivity contribution is 0.0596. The summed E-state index contributed by atoms with van der Waals surface area (Å²) in [5.74, 6) is 0. The molecule has 68 valence electrons. The average Bonchev–Trinajstić information content (AvgIpc) is 2.20. The van der Waals surface area contributed by atoms with Crippen LogP contribution in [0.4, 0.5) is 0 Å². The normalized spacial score (nSPS) is 17.6. The molecule has 1 N–H and O–H groups in total. The Balaban J connectivity index is 2.35. The van der Waals surface area contributed by atoms with Gasteiger partial charge in [-0.1, -0.05) is 30.3 Å². The Morgan fingerprint density at radius 1 is 1.23 bits per heavy atom. The van der Waals surface area contributed by atoms with Crippen molar-refractivity contribution < 1.29 is 4.84 Å². The van der Waals surface area contributed by atoms with Crippen LogP contribution in [-0.4, -0.2) is 13.2 Å². The maximum atomic E-state index is 5.13. The van der Waals surface area contributed by atoms with Gasteiger partial charge in [-0.3, -0.25) is 4.84 Å². The molecule has 0 atom stereocenters. The molecule has 0 saturated carbocycles. The number of hydrogen-bond acceptors (Lipinski definition) is 2. The molecule has 0 aliphatic carbocycles. The van der Waals surface area contributed by atoms with Gasteiger partial charge in [-0.15, -0.1) is 0 Å². The van der Waals surface area contributed by atoms with Crippen LogP contribution in [-0.2, 0) is 4.84 Å². The van der Waals surface area contributed by atoms with Gasteiger partial charge in [0.1, 0.15) is 0 Å². The minimum Gasteiger partial charge on any atom is -0.297 e. The van der Waals surface area contributed by atoms with E-state index in [1.165, 1.54) is 16.7 Å². The van der Waals surface area contributed by atoms with E-state index in [9.17, 15) is 0 Å².